The van der Waals surface area contributed by atoms with Crippen molar-refractivity contribution in [3.05, 3.63) is 35.5 Å². The summed E-state index contributed by atoms with van der Waals surface area (Å²) >= 11 is 0. The van der Waals surface area contributed by atoms with Crippen LogP contribution in [0.2, 0.25) is 0 Å². The lowest BCUT2D eigenvalue weighted by atomic mass is 9.77. The van der Waals surface area contributed by atoms with Crippen molar-refractivity contribution in [2.45, 2.75) is 13.8 Å². The third-order valence-electron chi connectivity index (χ3n) is 2.81. The summed E-state index contributed by atoms with van der Waals surface area (Å²) in [5.74, 6) is 0.122. The smallest absolute Gasteiger partial charge is 0.182 e. The van der Waals surface area contributed by atoms with Crippen molar-refractivity contribution in [1.82, 2.24) is 0 Å². The van der Waals surface area contributed by atoms with Crippen LogP contribution in [0.1, 0.15) is 13.8 Å². The maximum absolute atomic E-state index is 11.6. The van der Waals surface area contributed by atoms with Gasteiger partial charge in [0.05, 0.1) is 0 Å². The van der Waals surface area contributed by atoms with Crippen molar-refractivity contribution in [3.63, 3.8) is 0 Å². The molecule has 0 amide bonds. The Kier molecular flexibility index (Phi) is 1.99. The van der Waals surface area contributed by atoms with Crippen molar-refractivity contribution in [1.29, 1.82) is 0 Å². The van der Waals surface area contributed by atoms with E-state index in [2.05, 4.69) is 0 Å². The number of hydrogen-bond acceptors (Lipinski definition) is 2. The molecule has 0 saturated heterocycles. The van der Waals surface area contributed by atoms with Crippen molar-refractivity contribution < 1.29 is 9.59 Å². The van der Waals surface area contributed by atoms with Gasteiger partial charge in [0.25, 0.3) is 0 Å². The molecule has 2 rings (SSSR count). The third-order valence-corrected chi connectivity index (χ3v) is 2.81. The molecule has 0 N–H and O–H groups in total. The topological polar surface area (TPSA) is 34.1 Å². The summed E-state index contributed by atoms with van der Waals surface area (Å²) in [6.45, 7) is 3.89. The van der Waals surface area contributed by atoms with Gasteiger partial charge in [0.2, 0.25) is 0 Å². The molecule has 2 aliphatic rings. The minimum atomic E-state index is -0.0108. The minimum absolute atomic E-state index is 0.0108. The highest BCUT2D eigenvalue weighted by atomic mass is 16.1. The first kappa shape index (κ1) is 9.13. The molecule has 0 aromatic heterocycles. The first-order valence-electron chi connectivity index (χ1n) is 4.80. The summed E-state index contributed by atoms with van der Waals surface area (Å²) in [6.07, 6.45) is 6.74. The molecule has 0 heterocycles. The molecule has 0 aromatic carbocycles. The lowest BCUT2D eigenvalue weighted by Gasteiger charge is -2.25. The minimum Gasteiger partial charge on any atom is -0.290 e. The van der Waals surface area contributed by atoms with Crippen molar-refractivity contribution in [3.8, 4) is 0 Å². The predicted molar refractivity (Wildman–Crippen MR) is 53.6 cm³/mol. The molecule has 2 unspecified atom stereocenters. The van der Waals surface area contributed by atoms with Crippen LogP contribution in [0.4, 0.5) is 0 Å². The second-order valence-corrected chi connectivity index (χ2v) is 3.85. The van der Waals surface area contributed by atoms with E-state index < -0.39 is 0 Å². The molecule has 2 heteroatoms. The number of ketones is 2. The molecule has 0 radical (unpaired) electrons. The highest BCUT2D eigenvalue weighted by Crippen LogP contribution is 2.32. The molecule has 2 nitrogen and oxygen atoms in total. The quantitative estimate of drug-likeness (QED) is 0.429. The van der Waals surface area contributed by atoms with E-state index in [9.17, 15) is 9.59 Å². The van der Waals surface area contributed by atoms with Gasteiger partial charge in [-0.3, -0.25) is 9.59 Å². The summed E-state index contributed by atoms with van der Waals surface area (Å²) in [7, 11) is 0. The Bertz CT molecular complexity index is 361. The molecule has 0 fully saturated rings. The van der Waals surface area contributed by atoms with Gasteiger partial charge >= 0.3 is 0 Å². The Morgan fingerprint density at radius 3 is 1.57 bits per heavy atom. The van der Waals surface area contributed by atoms with Crippen LogP contribution in [0.5, 0.6) is 0 Å². The van der Waals surface area contributed by atoms with Gasteiger partial charge in [-0.05, 0) is 12.2 Å². The third kappa shape index (κ3) is 1.18. The van der Waals surface area contributed by atoms with Gasteiger partial charge in [-0.2, -0.15) is 0 Å². The highest BCUT2D eigenvalue weighted by Gasteiger charge is 2.30. The zero-order valence-corrected chi connectivity index (χ0v) is 8.28. The molecule has 0 saturated carbocycles. The SMILES string of the molecule is CC1C=CC(C)C2=C1C(=O)C=CC2=O. The zero-order chi connectivity index (χ0) is 10.3. The van der Waals surface area contributed by atoms with Crippen LogP contribution < -0.4 is 0 Å². The van der Waals surface area contributed by atoms with E-state index in [0.29, 0.717) is 11.1 Å². The first-order valence-corrected chi connectivity index (χ1v) is 4.80. The molecule has 0 bridgehead atoms. The summed E-state index contributed by atoms with van der Waals surface area (Å²) in [4.78, 5) is 23.2. The number of hydrogen-bond donors (Lipinski definition) is 0. The van der Waals surface area contributed by atoms with Gasteiger partial charge in [0.1, 0.15) is 0 Å². The van der Waals surface area contributed by atoms with Crippen LogP contribution in [0.3, 0.4) is 0 Å². The summed E-state index contributed by atoms with van der Waals surface area (Å²) < 4.78 is 0. The van der Waals surface area contributed by atoms with Crippen LogP contribution in [0.25, 0.3) is 0 Å². The van der Waals surface area contributed by atoms with Crippen molar-refractivity contribution in [2.24, 2.45) is 11.8 Å². The number of carbonyl (C=O) groups excluding carboxylic acids is 2. The molecule has 72 valence electrons. The summed E-state index contributed by atoms with van der Waals surface area (Å²) in [5.41, 5.74) is 1.38. The van der Waals surface area contributed by atoms with E-state index in [1.165, 1.54) is 12.2 Å². The molecular formula is C12H12O2. The second-order valence-electron chi connectivity index (χ2n) is 3.85. The van der Waals surface area contributed by atoms with Gasteiger partial charge in [-0.1, -0.05) is 26.0 Å². The van der Waals surface area contributed by atoms with Crippen molar-refractivity contribution >= 4 is 11.6 Å². The van der Waals surface area contributed by atoms with E-state index in [1.807, 2.05) is 26.0 Å². The number of allylic oxidation sites excluding steroid dienone is 6. The van der Waals surface area contributed by atoms with Crippen LogP contribution in [-0.4, -0.2) is 11.6 Å². The Hall–Kier alpha value is -1.44. The Morgan fingerprint density at radius 2 is 1.21 bits per heavy atom. The van der Waals surface area contributed by atoms with E-state index in [4.69, 9.17) is 0 Å². The molecule has 0 spiro atoms. The highest BCUT2D eigenvalue weighted by molar-refractivity contribution is 6.21. The normalized spacial score (nSPS) is 31.0. The van der Waals surface area contributed by atoms with Crippen molar-refractivity contribution in [2.75, 3.05) is 0 Å². The largest absolute Gasteiger partial charge is 0.290 e. The average Bonchev–Trinajstić information content (AvgIpc) is 2.16. The standard InChI is InChI=1S/C12H12O2/c1-7-3-4-8(2)12-10(14)6-5-9(13)11(7)12/h3-8H,1-2H3. The van der Waals surface area contributed by atoms with Gasteiger partial charge in [0, 0.05) is 23.0 Å². The fraction of sp³-hybridized carbons (Fsp3) is 0.333. The fourth-order valence-electron chi connectivity index (χ4n) is 2.06. The maximum Gasteiger partial charge on any atom is 0.182 e. The van der Waals surface area contributed by atoms with Crippen LogP contribution in [-0.2, 0) is 9.59 Å². The van der Waals surface area contributed by atoms with Gasteiger partial charge < -0.3 is 0 Å². The molecule has 0 aromatic rings. The number of carbonyl (C=O) groups is 2. The van der Waals surface area contributed by atoms with Gasteiger partial charge in [0.15, 0.2) is 11.6 Å². The van der Waals surface area contributed by atoms with Gasteiger partial charge in [-0.25, -0.2) is 0 Å². The summed E-state index contributed by atoms with van der Waals surface area (Å²) in [5, 5.41) is 0. The Balaban J connectivity index is 2.55. The Morgan fingerprint density at radius 1 is 0.857 bits per heavy atom. The molecule has 0 aliphatic heterocycles. The average molecular weight is 188 g/mol. The van der Waals surface area contributed by atoms with E-state index in [-0.39, 0.29) is 23.4 Å². The monoisotopic (exact) mass is 188 g/mol. The summed E-state index contributed by atoms with van der Waals surface area (Å²) in [6, 6.07) is 0. The fourth-order valence-corrected chi connectivity index (χ4v) is 2.06. The van der Waals surface area contributed by atoms with Crippen LogP contribution in [0, 0.1) is 11.8 Å². The predicted octanol–water partition coefficient (Wildman–Crippen LogP) is 1.83. The number of rotatable bonds is 0. The van der Waals surface area contributed by atoms with E-state index in [0.717, 1.165) is 0 Å². The van der Waals surface area contributed by atoms with Crippen LogP contribution in [0.15, 0.2) is 35.5 Å². The van der Waals surface area contributed by atoms with Crippen LogP contribution >= 0.6 is 0 Å². The maximum atomic E-state index is 11.6. The van der Waals surface area contributed by atoms with E-state index in [1.54, 1.807) is 0 Å². The molecule has 14 heavy (non-hydrogen) atoms. The van der Waals surface area contributed by atoms with E-state index >= 15 is 0 Å². The Labute approximate surface area is 83.0 Å². The molecular weight excluding hydrogens is 176 g/mol. The van der Waals surface area contributed by atoms with Gasteiger partial charge in [-0.15, -0.1) is 0 Å². The molecule has 2 atom stereocenters. The zero-order valence-electron chi connectivity index (χ0n) is 8.28. The lowest BCUT2D eigenvalue weighted by Crippen LogP contribution is -2.24. The second kappa shape index (κ2) is 3.05. The lowest BCUT2D eigenvalue weighted by molar-refractivity contribution is -0.115. The molecule has 2 aliphatic carbocycles. The first-order chi connectivity index (χ1) is 6.61.